The maximum Gasteiger partial charge on any atom is 0.166 e. The summed E-state index contributed by atoms with van der Waals surface area (Å²) >= 11 is 0. The minimum Gasteiger partial charge on any atom is -0.490 e. The van der Waals surface area contributed by atoms with Crippen molar-refractivity contribution in [1.29, 1.82) is 0 Å². The first-order chi connectivity index (χ1) is 13.2. The second-order valence-electron chi connectivity index (χ2n) is 5.92. The van der Waals surface area contributed by atoms with E-state index in [4.69, 9.17) is 9.47 Å². The monoisotopic (exact) mass is 369 g/mol. The van der Waals surface area contributed by atoms with E-state index in [1.807, 2.05) is 25.1 Å². The Morgan fingerprint density at radius 2 is 1.56 bits per heavy atom. The van der Waals surface area contributed by atoms with Gasteiger partial charge >= 0.3 is 0 Å². The second kappa shape index (κ2) is 9.03. The summed E-state index contributed by atoms with van der Waals surface area (Å²) in [5.41, 5.74) is 2.13. The highest BCUT2D eigenvalue weighted by Gasteiger charge is 2.12. The SMILES string of the molecule is CCOc1cccc(CNc2ccc(F)cc2)c1OCc1ccccc1F. The van der Waals surface area contributed by atoms with Crippen LogP contribution in [0.5, 0.6) is 11.5 Å². The molecule has 0 atom stereocenters. The van der Waals surface area contributed by atoms with Crippen molar-refractivity contribution in [3.05, 3.63) is 89.5 Å². The van der Waals surface area contributed by atoms with Crippen LogP contribution in [0.1, 0.15) is 18.1 Å². The zero-order chi connectivity index (χ0) is 19.1. The molecule has 27 heavy (non-hydrogen) atoms. The predicted octanol–water partition coefficient (Wildman–Crippen LogP) is 5.55. The minimum atomic E-state index is -0.308. The molecule has 3 nitrogen and oxygen atoms in total. The number of rotatable bonds is 8. The number of nitrogens with one attached hydrogen (secondary N) is 1. The third kappa shape index (κ3) is 4.97. The van der Waals surface area contributed by atoms with E-state index in [0.29, 0.717) is 30.2 Å². The molecule has 1 N–H and O–H groups in total. The highest BCUT2D eigenvalue weighted by atomic mass is 19.1. The van der Waals surface area contributed by atoms with Gasteiger partial charge in [-0.25, -0.2) is 8.78 Å². The summed E-state index contributed by atoms with van der Waals surface area (Å²) in [6.07, 6.45) is 0. The lowest BCUT2D eigenvalue weighted by Gasteiger charge is -2.17. The van der Waals surface area contributed by atoms with Crippen LogP contribution in [0.2, 0.25) is 0 Å². The Labute approximate surface area is 157 Å². The van der Waals surface area contributed by atoms with E-state index in [1.54, 1.807) is 30.3 Å². The van der Waals surface area contributed by atoms with Gasteiger partial charge in [-0.1, -0.05) is 30.3 Å². The molecular weight excluding hydrogens is 348 g/mol. The molecule has 0 spiro atoms. The zero-order valence-electron chi connectivity index (χ0n) is 15.0. The minimum absolute atomic E-state index is 0.0975. The lowest BCUT2D eigenvalue weighted by atomic mass is 10.1. The van der Waals surface area contributed by atoms with Crippen molar-refractivity contribution in [2.75, 3.05) is 11.9 Å². The quantitative estimate of drug-likeness (QED) is 0.564. The van der Waals surface area contributed by atoms with Crippen LogP contribution in [0.25, 0.3) is 0 Å². The van der Waals surface area contributed by atoms with Crippen LogP contribution in [-0.2, 0) is 13.2 Å². The third-order valence-corrected chi connectivity index (χ3v) is 4.02. The van der Waals surface area contributed by atoms with Gasteiger partial charge in [-0.05, 0) is 43.3 Å². The van der Waals surface area contributed by atoms with Gasteiger partial charge in [0, 0.05) is 23.4 Å². The molecule has 140 valence electrons. The van der Waals surface area contributed by atoms with Crippen molar-refractivity contribution in [2.24, 2.45) is 0 Å². The number of ether oxygens (including phenoxy) is 2. The Hall–Kier alpha value is -3.08. The van der Waals surface area contributed by atoms with Crippen molar-refractivity contribution < 1.29 is 18.3 Å². The Balaban J connectivity index is 1.79. The van der Waals surface area contributed by atoms with Crippen molar-refractivity contribution in [3.8, 4) is 11.5 Å². The Kier molecular flexibility index (Phi) is 6.26. The molecular formula is C22H21F2NO2. The Bertz CT molecular complexity index is 882. The van der Waals surface area contributed by atoms with Crippen LogP contribution in [-0.4, -0.2) is 6.61 Å². The number of hydrogen-bond donors (Lipinski definition) is 1. The molecule has 0 aliphatic carbocycles. The van der Waals surface area contributed by atoms with Crippen LogP contribution in [0.3, 0.4) is 0 Å². The number of anilines is 1. The summed E-state index contributed by atoms with van der Waals surface area (Å²) in [6, 6.07) is 18.3. The average Bonchev–Trinajstić information content (AvgIpc) is 2.68. The highest BCUT2D eigenvalue weighted by Crippen LogP contribution is 2.33. The predicted molar refractivity (Wildman–Crippen MR) is 102 cm³/mol. The van der Waals surface area contributed by atoms with Gasteiger partial charge in [-0.2, -0.15) is 0 Å². The van der Waals surface area contributed by atoms with Gasteiger partial charge in [-0.3, -0.25) is 0 Å². The molecule has 0 aromatic heterocycles. The highest BCUT2D eigenvalue weighted by molar-refractivity contribution is 5.50. The summed E-state index contributed by atoms with van der Waals surface area (Å²) in [4.78, 5) is 0. The summed E-state index contributed by atoms with van der Waals surface area (Å²) in [5.74, 6) is 0.578. The van der Waals surface area contributed by atoms with Gasteiger partial charge in [0.2, 0.25) is 0 Å². The van der Waals surface area contributed by atoms with E-state index in [-0.39, 0.29) is 18.2 Å². The van der Waals surface area contributed by atoms with E-state index >= 15 is 0 Å². The molecule has 0 aliphatic heterocycles. The van der Waals surface area contributed by atoms with Crippen molar-refractivity contribution >= 4 is 5.69 Å². The largest absolute Gasteiger partial charge is 0.490 e. The summed E-state index contributed by atoms with van der Waals surface area (Å²) in [7, 11) is 0. The molecule has 0 amide bonds. The summed E-state index contributed by atoms with van der Waals surface area (Å²) in [6.45, 7) is 2.94. The van der Waals surface area contributed by atoms with Crippen molar-refractivity contribution in [2.45, 2.75) is 20.1 Å². The fourth-order valence-electron chi connectivity index (χ4n) is 2.66. The van der Waals surface area contributed by atoms with Crippen molar-refractivity contribution in [1.82, 2.24) is 0 Å². The molecule has 3 aromatic carbocycles. The third-order valence-electron chi connectivity index (χ3n) is 4.02. The standard InChI is InChI=1S/C22H21F2NO2/c1-2-26-21-9-5-7-16(14-25-19-12-10-18(23)11-13-19)22(21)27-15-17-6-3-4-8-20(17)24/h3-13,25H,2,14-15H2,1H3. The molecule has 0 fully saturated rings. The molecule has 3 rings (SSSR count). The smallest absolute Gasteiger partial charge is 0.166 e. The fraction of sp³-hybridized carbons (Fsp3) is 0.182. The number of benzene rings is 3. The van der Waals surface area contributed by atoms with Crippen LogP contribution in [0, 0.1) is 11.6 Å². The maximum absolute atomic E-state index is 13.9. The van der Waals surface area contributed by atoms with E-state index in [2.05, 4.69) is 5.32 Å². The van der Waals surface area contributed by atoms with Crippen LogP contribution in [0.4, 0.5) is 14.5 Å². The summed E-state index contributed by atoms with van der Waals surface area (Å²) in [5, 5.41) is 3.23. The van der Waals surface area contributed by atoms with Gasteiger partial charge in [-0.15, -0.1) is 0 Å². The van der Waals surface area contributed by atoms with E-state index in [9.17, 15) is 8.78 Å². The molecule has 5 heteroatoms. The number of hydrogen-bond acceptors (Lipinski definition) is 3. The molecule has 0 saturated heterocycles. The molecule has 0 unspecified atom stereocenters. The van der Waals surface area contributed by atoms with Gasteiger partial charge in [0.25, 0.3) is 0 Å². The van der Waals surface area contributed by atoms with Crippen LogP contribution < -0.4 is 14.8 Å². The first-order valence-corrected chi connectivity index (χ1v) is 8.77. The normalized spacial score (nSPS) is 10.5. The Morgan fingerprint density at radius 1 is 0.815 bits per heavy atom. The second-order valence-corrected chi connectivity index (χ2v) is 5.92. The Morgan fingerprint density at radius 3 is 2.30 bits per heavy atom. The molecule has 0 bridgehead atoms. The van der Waals surface area contributed by atoms with E-state index < -0.39 is 0 Å². The zero-order valence-corrected chi connectivity index (χ0v) is 15.0. The molecule has 0 radical (unpaired) electrons. The van der Waals surface area contributed by atoms with Gasteiger partial charge in [0.1, 0.15) is 18.2 Å². The first kappa shape index (κ1) is 18.7. The number of halogens is 2. The van der Waals surface area contributed by atoms with Crippen LogP contribution in [0.15, 0.2) is 66.7 Å². The average molecular weight is 369 g/mol. The van der Waals surface area contributed by atoms with Crippen molar-refractivity contribution in [3.63, 3.8) is 0 Å². The fourth-order valence-corrected chi connectivity index (χ4v) is 2.66. The molecule has 0 heterocycles. The van der Waals surface area contributed by atoms with E-state index in [0.717, 1.165) is 11.3 Å². The first-order valence-electron chi connectivity index (χ1n) is 8.77. The summed E-state index contributed by atoms with van der Waals surface area (Å²) < 4.78 is 38.5. The molecule has 0 saturated carbocycles. The molecule has 3 aromatic rings. The van der Waals surface area contributed by atoms with Gasteiger partial charge < -0.3 is 14.8 Å². The molecule has 0 aliphatic rings. The van der Waals surface area contributed by atoms with Gasteiger partial charge in [0.05, 0.1) is 6.61 Å². The van der Waals surface area contributed by atoms with E-state index in [1.165, 1.54) is 18.2 Å². The topological polar surface area (TPSA) is 30.5 Å². The lowest BCUT2D eigenvalue weighted by molar-refractivity contribution is 0.263. The van der Waals surface area contributed by atoms with Gasteiger partial charge in [0.15, 0.2) is 11.5 Å². The number of para-hydroxylation sites is 1. The maximum atomic E-state index is 13.9. The lowest BCUT2D eigenvalue weighted by Crippen LogP contribution is -2.07. The van der Waals surface area contributed by atoms with Crippen LogP contribution >= 0.6 is 0 Å².